The van der Waals surface area contributed by atoms with Gasteiger partial charge in [-0.15, -0.1) is 11.8 Å². The van der Waals surface area contributed by atoms with Crippen molar-refractivity contribution in [3.63, 3.8) is 0 Å². The van der Waals surface area contributed by atoms with Crippen molar-refractivity contribution < 1.29 is 8.78 Å². The Morgan fingerprint density at radius 1 is 1.11 bits per heavy atom. The molecule has 2 N–H and O–H groups in total. The second-order valence-electron chi connectivity index (χ2n) is 4.04. The average molecular weight is 300 g/mol. The Hall–Kier alpha value is -1.10. The fraction of sp³-hybridized carbons (Fsp3) is 0.143. The van der Waals surface area contributed by atoms with Gasteiger partial charge in [-0.25, -0.2) is 8.78 Å². The van der Waals surface area contributed by atoms with Gasteiger partial charge < -0.3 is 5.73 Å². The van der Waals surface area contributed by atoms with Gasteiger partial charge in [0, 0.05) is 21.7 Å². The first-order valence-corrected chi connectivity index (χ1v) is 7.01. The second-order valence-corrected chi connectivity index (χ2v) is 5.54. The largest absolute Gasteiger partial charge is 0.323 e. The lowest BCUT2D eigenvalue weighted by atomic mass is 10.1. The molecule has 0 saturated carbocycles. The van der Waals surface area contributed by atoms with Gasteiger partial charge in [-0.1, -0.05) is 17.7 Å². The molecular formula is C14H12ClF2NS. The summed E-state index contributed by atoms with van der Waals surface area (Å²) in [4.78, 5) is 0.781. The summed E-state index contributed by atoms with van der Waals surface area (Å²) in [7, 11) is 0. The monoisotopic (exact) mass is 299 g/mol. The lowest BCUT2D eigenvalue weighted by Crippen LogP contribution is -2.13. The van der Waals surface area contributed by atoms with Crippen molar-refractivity contribution in [2.24, 2.45) is 5.73 Å². The molecule has 0 saturated heterocycles. The summed E-state index contributed by atoms with van der Waals surface area (Å²) in [6.07, 6.45) is 0. The molecule has 100 valence electrons. The molecule has 2 aromatic rings. The van der Waals surface area contributed by atoms with E-state index in [-0.39, 0.29) is 11.6 Å². The molecule has 0 amide bonds. The van der Waals surface area contributed by atoms with Crippen LogP contribution in [0.25, 0.3) is 0 Å². The first-order chi connectivity index (χ1) is 9.06. The van der Waals surface area contributed by atoms with Crippen LogP contribution in [0.15, 0.2) is 47.4 Å². The summed E-state index contributed by atoms with van der Waals surface area (Å²) >= 11 is 7.39. The fourth-order valence-electron chi connectivity index (χ4n) is 1.63. The van der Waals surface area contributed by atoms with Gasteiger partial charge in [0.05, 0.1) is 0 Å². The van der Waals surface area contributed by atoms with Gasteiger partial charge in [0.15, 0.2) is 0 Å². The normalized spacial score (nSPS) is 12.4. The van der Waals surface area contributed by atoms with Gasteiger partial charge in [0.1, 0.15) is 11.6 Å². The summed E-state index contributed by atoms with van der Waals surface area (Å²) in [6.45, 7) is 0. The maximum atomic E-state index is 13.2. The van der Waals surface area contributed by atoms with E-state index in [1.54, 1.807) is 12.1 Å². The zero-order valence-corrected chi connectivity index (χ0v) is 11.5. The van der Waals surface area contributed by atoms with Crippen LogP contribution in [0, 0.1) is 11.6 Å². The van der Waals surface area contributed by atoms with E-state index >= 15 is 0 Å². The van der Waals surface area contributed by atoms with Crippen molar-refractivity contribution >= 4 is 23.4 Å². The zero-order valence-electron chi connectivity index (χ0n) is 9.95. The molecule has 0 aliphatic rings. The van der Waals surface area contributed by atoms with Crippen molar-refractivity contribution in [2.75, 3.05) is 5.75 Å². The Bertz CT molecular complexity index is 577. The van der Waals surface area contributed by atoms with Crippen LogP contribution in [-0.2, 0) is 0 Å². The molecule has 2 rings (SSSR count). The number of hydrogen-bond donors (Lipinski definition) is 1. The number of halogens is 3. The van der Waals surface area contributed by atoms with E-state index in [1.165, 1.54) is 42.1 Å². The molecule has 2 aromatic carbocycles. The van der Waals surface area contributed by atoms with Gasteiger partial charge in [0.25, 0.3) is 0 Å². The fourth-order valence-corrected chi connectivity index (χ4v) is 2.81. The minimum absolute atomic E-state index is 0.289. The highest BCUT2D eigenvalue weighted by atomic mass is 35.5. The quantitative estimate of drug-likeness (QED) is 0.846. The lowest BCUT2D eigenvalue weighted by molar-refractivity contribution is 0.622. The molecule has 5 heteroatoms. The van der Waals surface area contributed by atoms with Crippen LogP contribution in [0.4, 0.5) is 8.78 Å². The summed E-state index contributed by atoms with van der Waals surface area (Å²) in [5, 5.41) is 0.439. The first-order valence-electron chi connectivity index (χ1n) is 5.65. The Morgan fingerprint density at radius 2 is 1.84 bits per heavy atom. The second kappa shape index (κ2) is 6.37. The highest BCUT2D eigenvalue weighted by Gasteiger charge is 2.12. The standard InChI is InChI=1S/C14H12ClF2NS/c15-13-5-4-10(17)7-12(13)14(18)8-19-11-3-1-2-9(16)6-11/h1-7,14H,8,18H2. The van der Waals surface area contributed by atoms with Gasteiger partial charge in [-0.05, 0) is 42.0 Å². The third kappa shape index (κ3) is 3.93. The lowest BCUT2D eigenvalue weighted by Gasteiger charge is -2.13. The van der Waals surface area contributed by atoms with Gasteiger partial charge in [0.2, 0.25) is 0 Å². The number of benzene rings is 2. The predicted octanol–water partition coefficient (Wildman–Crippen LogP) is 4.41. The van der Waals surface area contributed by atoms with Crippen LogP contribution >= 0.6 is 23.4 Å². The van der Waals surface area contributed by atoms with Crippen LogP contribution in [0.5, 0.6) is 0 Å². The summed E-state index contributed by atoms with van der Waals surface area (Å²) < 4.78 is 26.2. The molecule has 1 nitrogen and oxygen atoms in total. The molecule has 0 fully saturated rings. The Morgan fingerprint density at radius 3 is 2.58 bits per heavy atom. The van der Waals surface area contributed by atoms with E-state index in [0.717, 1.165) is 4.90 Å². The summed E-state index contributed by atoms with van der Waals surface area (Å²) in [6, 6.07) is 9.96. The number of hydrogen-bond acceptors (Lipinski definition) is 2. The van der Waals surface area contributed by atoms with E-state index in [2.05, 4.69) is 0 Å². The van der Waals surface area contributed by atoms with Crippen LogP contribution in [0.2, 0.25) is 5.02 Å². The molecule has 0 bridgehead atoms. The van der Waals surface area contributed by atoms with Gasteiger partial charge >= 0.3 is 0 Å². The van der Waals surface area contributed by atoms with Crippen LogP contribution < -0.4 is 5.73 Å². The maximum absolute atomic E-state index is 13.2. The molecule has 0 radical (unpaired) electrons. The van der Waals surface area contributed by atoms with E-state index in [4.69, 9.17) is 17.3 Å². The topological polar surface area (TPSA) is 26.0 Å². The Balaban J connectivity index is 2.05. The van der Waals surface area contributed by atoms with E-state index in [0.29, 0.717) is 16.3 Å². The smallest absolute Gasteiger partial charge is 0.124 e. The molecule has 0 heterocycles. The molecular weight excluding hydrogens is 288 g/mol. The van der Waals surface area contributed by atoms with Crippen molar-refractivity contribution in [3.05, 3.63) is 64.7 Å². The average Bonchev–Trinajstić information content (AvgIpc) is 2.39. The van der Waals surface area contributed by atoms with E-state index < -0.39 is 6.04 Å². The zero-order chi connectivity index (χ0) is 13.8. The van der Waals surface area contributed by atoms with Crippen molar-refractivity contribution in [1.29, 1.82) is 0 Å². The molecule has 0 aromatic heterocycles. The van der Waals surface area contributed by atoms with Crippen molar-refractivity contribution in [3.8, 4) is 0 Å². The molecule has 19 heavy (non-hydrogen) atoms. The third-order valence-corrected chi connectivity index (χ3v) is 4.04. The highest BCUT2D eigenvalue weighted by molar-refractivity contribution is 7.99. The van der Waals surface area contributed by atoms with Gasteiger partial charge in [-0.2, -0.15) is 0 Å². The Labute approximate surface area is 119 Å². The molecule has 1 atom stereocenters. The molecule has 0 aliphatic carbocycles. The van der Waals surface area contributed by atoms with Gasteiger partial charge in [-0.3, -0.25) is 0 Å². The van der Waals surface area contributed by atoms with Crippen LogP contribution in [-0.4, -0.2) is 5.75 Å². The molecule has 0 spiro atoms. The molecule has 1 unspecified atom stereocenters. The minimum atomic E-state index is -0.406. The summed E-state index contributed by atoms with van der Waals surface area (Å²) in [5.74, 6) is -0.167. The number of rotatable bonds is 4. The highest BCUT2D eigenvalue weighted by Crippen LogP contribution is 2.28. The molecule has 0 aliphatic heterocycles. The summed E-state index contributed by atoms with van der Waals surface area (Å²) in [5.41, 5.74) is 6.55. The number of thioether (sulfide) groups is 1. The van der Waals surface area contributed by atoms with Crippen molar-refractivity contribution in [2.45, 2.75) is 10.9 Å². The first kappa shape index (κ1) is 14.3. The third-order valence-electron chi connectivity index (χ3n) is 2.58. The maximum Gasteiger partial charge on any atom is 0.124 e. The Kier molecular flexibility index (Phi) is 4.80. The SMILES string of the molecule is NC(CSc1cccc(F)c1)c1cc(F)ccc1Cl. The van der Waals surface area contributed by atoms with Crippen molar-refractivity contribution in [1.82, 2.24) is 0 Å². The number of nitrogens with two attached hydrogens (primary N) is 1. The predicted molar refractivity (Wildman–Crippen MR) is 75.5 cm³/mol. The van der Waals surface area contributed by atoms with E-state index in [1.807, 2.05) is 0 Å². The van der Waals surface area contributed by atoms with Crippen LogP contribution in [0.3, 0.4) is 0 Å². The minimum Gasteiger partial charge on any atom is -0.323 e. The van der Waals surface area contributed by atoms with Crippen LogP contribution in [0.1, 0.15) is 11.6 Å². The van der Waals surface area contributed by atoms with E-state index in [9.17, 15) is 8.78 Å².